The van der Waals surface area contributed by atoms with E-state index in [2.05, 4.69) is 20.2 Å². The average molecular weight is 479 g/mol. The van der Waals surface area contributed by atoms with Crippen LogP contribution in [0.4, 0.5) is 4.39 Å². The van der Waals surface area contributed by atoms with E-state index in [1.807, 2.05) is 0 Å². The van der Waals surface area contributed by atoms with Crippen LogP contribution in [-0.4, -0.2) is 61.6 Å². The summed E-state index contributed by atoms with van der Waals surface area (Å²) in [6.07, 6.45) is 6.61. The molecular weight excluding hydrogens is 459 g/mol. The maximum Gasteiger partial charge on any atom is 0.256 e. The number of aromatic nitrogens is 5. The number of benzene rings is 2. The van der Waals surface area contributed by atoms with Gasteiger partial charge in [-0.15, -0.1) is 0 Å². The summed E-state index contributed by atoms with van der Waals surface area (Å²) in [4.78, 5) is 25.2. The van der Waals surface area contributed by atoms with Gasteiger partial charge in [-0.05, 0) is 54.4 Å². The van der Waals surface area contributed by atoms with Crippen molar-refractivity contribution < 1.29 is 13.9 Å². The quantitative estimate of drug-likeness (QED) is 0.435. The van der Waals surface area contributed by atoms with Crippen LogP contribution in [-0.2, 0) is 11.2 Å². The van der Waals surface area contributed by atoms with Gasteiger partial charge >= 0.3 is 0 Å². The smallest absolute Gasteiger partial charge is 0.256 e. The fraction of sp³-hybridized carbons (Fsp3) is 0.208. The topological polar surface area (TPSA) is 86.0 Å². The minimum atomic E-state index is -0.364. The van der Waals surface area contributed by atoms with Crippen molar-refractivity contribution in [2.24, 2.45) is 0 Å². The molecule has 5 rings (SSSR count). The molecule has 2 aromatic carbocycles. The number of carbonyl (C=O) groups is 1. The molecule has 8 nitrogen and oxygen atoms in total. The first kappa shape index (κ1) is 22.1. The molecule has 172 valence electrons. The molecule has 1 unspecified atom stereocenters. The number of nitrogens with zero attached hydrogens (tertiary/aromatic N) is 6. The van der Waals surface area contributed by atoms with E-state index in [-0.39, 0.29) is 24.2 Å². The molecule has 3 heterocycles. The number of morpholine rings is 1. The van der Waals surface area contributed by atoms with Crippen molar-refractivity contribution >= 4 is 17.5 Å². The molecule has 1 atom stereocenters. The Morgan fingerprint density at radius 2 is 1.88 bits per heavy atom. The summed E-state index contributed by atoms with van der Waals surface area (Å²) < 4.78 is 20.4. The number of halogens is 2. The van der Waals surface area contributed by atoms with Gasteiger partial charge in [-0.3, -0.25) is 4.79 Å². The van der Waals surface area contributed by atoms with Gasteiger partial charge in [-0.25, -0.2) is 14.4 Å². The minimum absolute atomic E-state index is 0.222. The molecule has 0 radical (unpaired) electrons. The number of rotatable bonds is 5. The van der Waals surface area contributed by atoms with Crippen LogP contribution in [0, 0.1) is 5.82 Å². The Morgan fingerprint density at radius 3 is 2.68 bits per heavy atom. The first-order chi connectivity index (χ1) is 16.6. The van der Waals surface area contributed by atoms with Crippen molar-refractivity contribution in [1.82, 2.24) is 29.9 Å². The molecule has 1 amide bonds. The Hall–Kier alpha value is -3.69. The molecule has 1 aliphatic rings. The molecule has 4 aromatic rings. The molecule has 1 saturated heterocycles. The van der Waals surface area contributed by atoms with Crippen molar-refractivity contribution in [3.8, 4) is 17.1 Å². The van der Waals surface area contributed by atoms with Gasteiger partial charge in [0.15, 0.2) is 5.82 Å². The van der Waals surface area contributed by atoms with Crippen LogP contribution in [0.5, 0.6) is 0 Å². The SMILES string of the molecule is O=C(c1ccc(Cl)cc1-n1nccn1)N1CCOCC1Cc1cc(-c2ncccn2)ccc1F. The van der Waals surface area contributed by atoms with Crippen LogP contribution in [0.3, 0.4) is 0 Å². The Bertz CT molecular complexity index is 1300. The lowest BCUT2D eigenvalue weighted by atomic mass is 10.00. The summed E-state index contributed by atoms with van der Waals surface area (Å²) >= 11 is 6.18. The molecule has 0 bridgehead atoms. The Labute approximate surface area is 200 Å². The third-order valence-electron chi connectivity index (χ3n) is 5.64. The monoisotopic (exact) mass is 478 g/mol. The van der Waals surface area contributed by atoms with Crippen molar-refractivity contribution in [3.63, 3.8) is 0 Å². The van der Waals surface area contributed by atoms with Crippen LogP contribution < -0.4 is 0 Å². The van der Waals surface area contributed by atoms with E-state index in [1.165, 1.54) is 23.3 Å². The summed E-state index contributed by atoms with van der Waals surface area (Å²) in [6, 6.07) is 11.1. The van der Waals surface area contributed by atoms with Crippen LogP contribution in [0.15, 0.2) is 67.3 Å². The summed E-state index contributed by atoms with van der Waals surface area (Å²) in [7, 11) is 0. The van der Waals surface area contributed by atoms with E-state index in [1.54, 1.807) is 53.7 Å². The number of amides is 1. The molecule has 0 saturated carbocycles. The summed E-state index contributed by atoms with van der Waals surface area (Å²) in [5.41, 5.74) is 2.04. The highest BCUT2D eigenvalue weighted by Crippen LogP contribution is 2.25. The predicted octanol–water partition coefficient (Wildman–Crippen LogP) is 3.60. The Balaban J connectivity index is 1.45. The van der Waals surface area contributed by atoms with Crippen LogP contribution >= 0.6 is 11.6 Å². The predicted molar refractivity (Wildman–Crippen MR) is 123 cm³/mol. The number of hydrogen-bond donors (Lipinski definition) is 0. The highest BCUT2D eigenvalue weighted by atomic mass is 35.5. The van der Waals surface area contributed by atoms with Crippen molar-refractivity contribution in [2.45, 2.75) is 12.5 Å². The van der Waals surface area contributed by atoms with Crippen LogP contribution in [0.2, 0.25) is 5.02 Å². The second kappa shape index (κ2) is 9.66. The lowest BCUT2D eigenvalue weighted by Crippen LogP contribution is -2.50. The minimum Gasteiger partial charge on any atom is -0.377 e. The van der Waals surface area contributed by atoms with Crippen molar-refractivity contribution in [3.05, 3.63) is 89.2 Å². The molecule has 0 N–H and O–H groups in total. The van der Waals surface area contributed by atoms with E-state index in [0.29, 0.717) is 53.0 Å². The van der Waals surface area contributed by atoms with Crippen molar-refractivity contribution in [2.75, 3.05) is 19.8 Å². The van der Waals surface area contributed by atoms with Gasteiger partial charge in [0.1, 0.15) is 5.82 Å². The molecule has 2 aromatic heterocycles. The average Bonchev–Trinajstić information content (AvgIpc) is 3.41. The van der Waals surface area contributed by atoms with Crippen LogP contribution in [0.25, 0.3) is 17.1 Å². The zero-order chi connectivity index (χ0) is 23.5. The zero-order valence-electron chi connectivity index (χ0n) is 18.0. The van der Waals surface area contributed by atoms with Gasteiger partial charge in [-0.1, -0.05) is 11.6 Å². The molecule has 34 heavy (non-hydrogen) atoms. The molecular formula is C24H20ClFN6O2. The number of carbonyl (C=O) groups excluding carboxylic acids is 1. The van der Waals surface area contributed by atoms with Gasteiger partial charge in [0.05, 0.1) is 42.9 Å². The van der Waals surface area contributed by atoms with Gasteiger partial charge in [0.2, 0.25) is 0 Å². The summed E-state index contributed by atoms with van der Waals surface area (Å²) in [5.74, 6) is -0.0695. The van der Waals surface area contributed by atoms with Crippen molar-refractivity contribution in [1.29, 1.82) is 0 Å². The van der Waals surface area contributed by atoms with Gasteiger partial charge in [0, 0.05) is 29.5 Å². The summed E-state index contributed by atoms with van der Waals surface area (Å²) in [6.45, 7) is 1.06. The molecule has 1 fully saturated rings. The molecule has 0 aliphatic carbocycles. The van der Waals surface area contributed by atoms with E-state index >= 15 is 0 Å². The van der Waals surface area contributed by atoms with E-state index < -0.39 is 0 Å². The maximum absolute atomic E-state index is 14.8. The largest absolute Gasteiger partial charge is 0.377 e. The fourth-order valence-corrected chi connectivity index (χ4v) is 4.18. The Kier molecular flexibility index (Phi) is 6.29. The fourth-order valence-electron chi connectivity index (χ4n) is 4.01. The highest BCUT2D eigenvalue weighted by Gasteiger charge is 2.31. The normalized spacial score (nSPS) is 15.9. The van der Waals surface area contributed by atoms with Gasteiger partial charge in [-0.2, -0.15) is 15.0 Å². The zero-order valence-corrected chi connectivity index (χ0v) is 18.8. The maximum atomic E-state index is 14.8. The van der Waals surface area contributed by atoms with Crippen LogP contribution in [0.1, 0.15) is 15.9 Å². The lowest BCUT2D eigenvalue weighted by Gasteiger charge is -2.36. The summed E-state index contributed by atoms with van der Waals surface area (Å²) in [5, 5.41) is 8.75. The third kappa shape index (κ3) is 4.52. The first-order valence-electron chi connectivity index (χ1n) is 10.7. The van der Waals surface area contributed by atoms with E-state index in [0.717, 1.165) is 0 Å². The lowest BCUT2D eigenvalue weighted by molar-refractivity contribution is -0.00185. The molecule has 10 heteroatoms. The second-order valence-electron chi connectivity index (χ2n) is 7.79. The number of ether oxygens (including phenoxy) is 1. The third-order valence-corrected chi connectivity index (χ3v) is 5.87. The van der Waals surface area contributed by atoms with Gasteiger partial charge in [0.25, 0.3) is 5.91 Å². The highest BCUT2D eigenvalue weighted by molar-refractivity contribution is 6.31. The second-order valence-corrected chi connectivity index (χ2v) is 8.23. The van der Waals surface area contributed by atoms with E-state index in [4.69, 9.17) is 16.3 Å². The standard InChI is InChI=1S/C24H20ClFN6O2/c25-18-3-4-20(22(14-18)32-29-8-9-30-32)24(33)31-10-11-34-15-19(31)13-17-12-16(2-5-21(17)26)23-27-6-1-7-28-23/h1-9,12,14,19H,10-11,13,15H2. The van der Waals surface area contributed by atoms with E-state index in [9.17, 15) is 9.18 Å². The molecule has 0 spiro atoms. The molecule has 1 aliphatic heterocycles. The number of hydrogen-bond acceptors (Lipinski definition) is 6. The first-order valence-corrected chi connectivity index (χ1v) is 11.1. The van der Waals surface area contributed by atoms with Gasteiger partial charge < -0.3 is 9.64 Å². The Morgan fingerprint density at radius 1 is 1.09 bits per heavy atom.